The van der Waals surface area contributed by atoms with Gasteiger partial charge in [0.15, 0.2) is 0 Å². The quantitative estimate of drug-likeness (QED) is 0.169. The number of benzene rings is 2. The molecular formula is C35H52O6S2. The molecule has 0 fully saturated rings. The summed E-state index contributed by atoms with van der Waals surface area (Å²) in [6.07, 6.45) is -0.165. The summed E-state index contributed by atoms with van der Waals surface area (Å²) in [6, 6.07) is 7.82. The molecule has 0 heterocycles. The molecule has 43 heavy (non-hydrogen) atoms. The van der Waals surface area contributed by atoms with Crippen LogP contribution in [-0.2, 0) is 40.7 Å². The van der Waals surface area contributed by atoms with E-state index in [1.165, 1.54) is 37.7 Å². The lowest BCUT2D eigenvalue weighted by atomic mass is 9.79. The standard InChI is InChI=1S/C35H52O6S2/c1-31(2,3)23-15-21(16-24(29(23)38)32(4,5)6)42-35(19-27(36)40-13,20-28(37)41-14)43-22-17-25(33(7,8)9)30(39)26(18-22)34(10,11)12/h15-18,38-39H,19-20H2,1-14H3. The van der Waals surface area contributed by atoms with E-state index in [-0.39, 0.29) is 46.0 Å². The summed E-state index contributed by atoms with van der Waals surface area (Å²) < 4.78 is 9.23. The van der Waals surface area contributed by atoms with Crippen molar-refractivity contribution >= 4 is 35.5 Å². The number of rotatable bonds is 8. The Labute approximate surface area is 267 Å². The van der Waals surface area contributed by atoms with Gasteiger partial charge in [-0.1, -0.05) is 83.1 Å². The smallest absolute Gasteiger partial charge is 0.307 e. The fraction of sp³-hybridized carbons (Fsp3) is 0.600. The van der Waals surface area contributed by atoms with Gasteiger partial charge in [0, 0.05) is 32.0 Å². The third-order valence-electron chi connectivity index (χ3n) is 7.29. The second kappa shape index (κ2) is 13.0. The number of phenolic OH excluding ortho intramolecular Hbond substituents is 2. The fourth-order valence-corrected chi connectivity index (χ4v) is 7.93. The van der Waals surface area contributed by atoms with Crippen LogP contribution in [0.5, 0.6) is 11.5 Å². The van der Waals surface area contributed by atoms with Crippen LogP contribution >= 0.6 is 23.5 Å². The molecule has 0 radical (unpaired) electrons. The Hall–Kier alpha value is -2.32. The van der Waals surface area contributed by atoms with Gasteiger partial charge in [-0.25, -0.2) is 0 Å². The van der Waals surface area contributed by atoms with Gasteiger partial charge >= 0.3 is 11.9 Å². The first kappa shape index (κ1) is 36.9. The van der Waals surface area contributed by atoms with Crippen LogP contribution in [0.2, 0.25) is 0 Å². The SMILES string of the molecule is COC(=O)CC(CC(=O)OC)(Sc1cc(C(C)(C)C)c(O)c(C(C)(C)C)c1)Sc1cc(C(C)(C)C)c(O)c(C(C)(C)C)c1. The zero-order valence-electron chi connectivity index (χ0n) is 28.6. The number of ether oxygens (including phenoxy) is 2. The molecule has 0 saturated carbocycles. The third-order valence-corrected chi connectivity index (χ3v) is 10.1. The molecule has 2 aromatic rings. The fourth-order valence-electron chi connectivity index (χ4n) is 4.86. The van der Waals surface area contributed by atoms with Crippen LogP contribution < -0.4 is 0 Å². The van der Waals surface area contributed by atoms with E-state index in [1.54, 1.807) is 0 Å². The minimum absolute atomic E-state index is 0.0823. The van der Waals surface area contributed by atoms with Crippen molar-refractivity contribution in [2.24, 2.45) is 0 Å². The number of esters is 2. The van der Waals surface area contributed by atoms with E-state index in [0.29, 0.717) is 0 Å². The van der Waals surface area contributed by atoms with E-state index in [9.17, 15) is 19.8 Å². The van der Waals surface area contributed by atoms with Crippen LogP contribution in [0.3, 0.4) is 0 Å². The highest BCUT2D eigenvalue weighted by Crippen LogP contribution is 2.54. The van der Waals surface area contributed by atoms with Crippen LogP contribution in [0.25, 0.3) is 0 Å². The van der Waals surface area contributed by atoms with E-state index < -0.39 is 16.0 Å². The zero-order chi connectivity index (χ0) is 33.3. The van der Waals surface area contributed by atoms with Gasteiger partial charge in [0.1, 0.15) is 11.5 Å². The average molecular weight is 633 g/mol. The molecule has 0 amide bonds. The van der Waals surface area contributed by atoms with Crippen LogP contribution in [0.4, 0.5) is 0 Å². The molecule has 0 bridgehead atoms. The van der Waals surface area contributed by atoms with Gasteiger partial charge in [0.05, 0.1) is 31.1 Å². The van der Waals surface area contributed by atoms with Gasteiger partial charge in [-0.05, 0) is 45.9 Å². The van der Waals surface area contributed by atoms with Crippen LogP contribution in [0.1, 0.15) is 118 Å². The first-order valence-electron chi connectivity index (χ1n) is 14.6. The molecule has 0 aliphatic heterocycles. The maximum Gasteiger partial charge on any atom is 0.307 e. The van der Waals surface area contributed by atoms with E-state index in [2.05, 4.69) is 0 Å². The van der Waals surface area contributed by atoms with Crippen LogP contribution in [0.15, 0.2) is 34.1 Å². The molecule has 240 valence electrons. The second-order valence-corrected chi connectivity index (χ2v) is 18.5. The van der Waals surface area contributed by atoms with Crippen molar-refractivity contribution < 1.29 is 29.3 Å². The number of methoxy groups -OCH3 is 2. The molecule has 0 atom stereocenters. The second-order valence-electron chi connectivity index (χ2n) is 15.4. The minimum atomic E-state index is -1.07. The molecule has 0 aliphatic carbocycles. The van der Waals surface area contributed by atoms with E-state index in [0.717, 1.165) is 32.0 Å². The molecule has 0 aliphatic rings. The lowest BCUT2D eigenvalue weighted by Crippen LogP contribution is -2.29. The van der Waals surface area contributed by atoms with Crippen molar-refractivity contribution in [2.75, 3.05) is 14.2 Å². The van der Waals surface area contributed by atoms with Gasteiger partial charge in [0.25, 0.3) is 0 Å². The van der Waals surface area contributed by atoms with E-state index in [1.807, 2.05) is 107 Å². The van der Waals surface area contributed by atoms with Crippen LogP contribution in [-0.4, -0.2) is 40.5 Å². The monoisotopic (exact) mass is 632 g/mol. The number of hydrogen-bond donors (Lipinski definition) is 2. The Morgan fingerprint density at radius 3 is 0.977 bits per heavy atom. The lowest BCUT2D eigenvalue weighted by Gasteiger charge is -2.34. The highest BCUT2D eigenvalue weighted by atomic mass is 32.2. The number of carbonyl (C=O) groups excluding carboxylic acids is 2. The summed E-state index contributed by atoms with van der Waals surface area (Å²) in [7, 11) is 2.68. The van der Waals surface area contributed by atoms with E-state index >= 15 is 0 Å². The maximum atomic E-state index is 13.0. The molecule has 0 unspecified atom stereocenters. The Kier molecular flexibility index (Phi) is 11.1. The highest BCUT2D eigenvalue weighted by molar-refractivity contribution is 8.18. The predicted molar refractivity (Wildman–Crippen MR) is 179 cm³/mol. The van der Waals surface area contributed by atoms with E-state index in [4.69, 9.17) is 9.47 Å². The average Bonchev–Trinajstić information content (AvgIpc) is 2.82. The summed E-state index contributed by atoms with van der Waals surface area (Å²) >= 11 is 2.81. The van der Waals surface area contributed by atoms with Crippen LogP contribution in [0, 0.1) is 0 Å². The predicted octanol–water partition coefficient (Wildman–Crippen LogP) is 8.99. The largest absolute Gasteiger partial charge is 0.507 e. The van der Waals surface area contributed by atoms with Gasteiger partial charge in [-0.15, -0.1) is 23.5 Å². The minimum Gasteiger partial charge on any atom is -0.507 e. The van der Waals surface area contributed by atoms with Crippen molar-refractivity contribution in [3.63, 3.8) is 0 Å². The third kappa shape index (κ3) is 9.34. The Morgan fingerprint density at radius 1 is 0.558 bits per heavy atom. The molecule has 0 saturated heterocycles. The van der Waals surface area contributed by atoms with Crippen molar-refractivity contribution in [3.05, 3.63) is 46.5 Å². The zero-order valence-corrected chi connectivity index (χ0v) is 30.2. The molecule has 0 aromatic heterocycles. The number of phenols is 2. The van der Waals surface area contributed by atoms with Gasteiger partial charge in [-0.3, -0.25) is 9.59 Å². The summed E-state index contributed by atoms with van der Waals surface area (Å²) in [4.78, 5) is 27.7. The number of carbonyl (C=O) groups is 2. The molecular weight excluding hydrogens is 581 g/mol. The first-order chi connectivity index (χ1) is 19.3. The molecule has 6 nitrogen and oxygen atoms in total. The Bertz CT molecular complexity index is 1160. The molecule has 0 spiro atoms. The van der Waals surface area contributed by atoms with Crippen molar-refractivity contribution in [3.8, 4) is 11.5 Å². The number of aromatic hydroxyl groups is 2. The van der Waals surface area contributed by atoms with Crippen molar-refractivity contribution in [1.82, 2.24) is 0 Å². The molecule has 2 aromatic carbocycles. The number of hydrogen-bond acceptors (Lipinski definition) is 8. The molecule has 8 heteroatoms. The molecule has 2 N–H and O–H groups in total. The topological polar surface area (TPSA) is 93.1 Å². The van der Waals surface area contributed by atoms with Crippen molar-refractivity contribution in [2.45, 2.75) is 131 Å². The first-order valence-corrected chi connectivity index (χ1v) is 16.3. The Morgan fingerprint density at radius 2 is 0.791 bits per heavy atom. The summed E-state index contributed by atoms with van der Waals surface area (Å²) in [5.74, 6) is -0.403. The highest BCUT2D eigenvalue weighted by Gasteiger charge is 2.41. The normalized spacial score (nSPS) is 13.2. The summed E-state index contributed by atoms with van der Waals surface area (Å²) in [5.41, 5.74) is 1.70. The van der Waals surface area contributed by atoms with Gasteiger partial charge < -0.3 is 19.7 Å². The number of thioether (sulfide) groups is 2. The summed E-state index contributed by atoms with van der Waals surface area (Å²) in [5, 5.41) is 22.7. The molecule has 2 rings (SSSR count). The Balaban J connectivity index is 2.94. The van der Waals surface area contributed by atoms with Gasteiger partial charge in [0.2, 0.25) is 0 Å². The van der Waals surface area contributed by atoms with Gasteiger partial charge in [-0.2, -0.15) is 0 Å². The maximum absolute atomic E-state index is 13.0. The lowest BCUT2D eigenvalue weighted by molar-refractivity contribution is -0.142. The van der Waals surface area contributed by atoms with Crippen molar-refractivity contribution in [1.29, 1.82) is 0 Å². The summed E-state index contributed by atoms with van der Waals surface area (Å²) in [6.45, 7) is 24.6.